The summed E-state index contributed by atoms with van der Waals surface area (Å²) in [5.74, 6) is 0. The second-order valence-electron chi connectivity index (χ2n) is 2.49. The Bertz CT molecular complexity index is 243. The first-order chi connectivity index (χ1) is 6.33. The third-order valence-corrected chi connectivity index (χ3v) is 2.77. The lowest BCUT2D eigenvalue weighted by atomic mass is 10.3. The zero-order chi connectivity index (χ0) is 9.52. The van der Waals surface area contributed by atoms with Crippen LogP contribution in [0.1, 0.15) is 12.8 Å². The van der Waals surface area contributed by atoms with E-state index in [0.717, 1.165) is 35.0 Å². The smallest absolute Gasteiger partial charge is 0.206 e. The standard InChI is InChI=1S/C7H12BrN3OS/c1-12-5-3-2-4-9-7-11-10-6(8)13-7/h2-5H2,1H3,(H,9,11). The van der Waals surface area contributed by atoms with Gasteiger partial charge in [-0.2, -0.15) is 0 Å². The van der Waals surface area contributed by atoms with E-state index in [1.807, 2.05) is 0 Å². The van der Waals surface area contributed by atoms with Crippen molar-refractivity contribution in [1.82, 2.24) is 10.2 Å². The molecular weight excluding hydrogens is 254 g/mol. The molecule has 0 atom stereocenters. The second kappa shape index (κ2) is 6.28. The Hall–Kier alpha value is -0.200. The molecule has 1 rings (SSSR count). The molecule has 0 unspecified atom stereocenters. The van der Waals surface area contributed by atoms with E-state index in [9.17, 15) is 0 Å². The number of rotatable bonds is 6. The van der Waals surface area contributed by atoms with Crippen LogP contribution in [-0.2, 0) is 4.74 Å². The van der Waals surface area contributed by atoms with Crippen molar-refractivity contribution in [2.45, 2.75) is 12.8 Å². The molecule has 4 nitrogen and oxygen atoms in total. The van der Waals surface area contributed by atoms with E-state index in [1.54, 1.807) is 7.11 Å². The molecule has 13 heavy (non-hydrogen) atoms. The van der Waals surface area contributed by atoms with Crippen LogP contribution in [0.5, 0.6) is 0 Å². The van der Waals surface area contributed by atoms with Crippen LogP contribution >= 0.6 is 27.3 Å². The molecular formula is C7H12BrN3OS. The molecule has 1 heterocycles. The first kappa shape index (κ1) is 10.9. The lowest BCUT2D eigenvalue weighted by Crippen LogP contribution is -2.02. The summed E-state index contributed by atoms with van der Waals surface area (Å²) in [5.41, 5.74) is 0. The highest BCUT2D eigenvalue weighted by Gasteiger charge is 1.98. The molecule has 0 aliphatic heterocycles. The molecule has 0 aliphatic rings. The Labute approximate surface area is 89.8 Å². The van der Waals surface area contributed by atoms with Crippen molar-refractivity contribution >= 4 is 32.4 Å². The van der Waals surface area contributed by atoms with Crippen LogP contribution in [0.15, 0.2) is 3.92 Å². The SMILES string of the molecule is COCCCCNc1nnc(Br)s1. The van der Waals surface area contributed by atoms with E-state index in [2.05, 4.69) is 31.4 Å². The quantitative estimate of drug-likeness (QED) is 0.801. The summed E-state index contributed by atoms with van der Waals surface area (Å²) in [6, 6.07) is 0. The predicted octanol–water partition coefficient (Wildman–Crippen LogP) is 2.14. The molecule has 1 N–H and O–H groups in total. The zero-order valence-electron chi connectivity index (χ0n) is 7.42. The highest BCUT2D eigenvalue weighted by molar-refractivity contribution is 9.11. The normalized spacial score (nSPS) is 10.3. The minimum atomic E-state index is 0.812. The minimum Gasteiger partial charge on any atom is -0.385 e. The number of hydrogen-bond acceptors (Lipinski definition) is 5. The number of methoxy groups -OCH3 is 1. The van der Waals surface area contributed by atoms with Crippen LogP contribution in [-0.4, -0.2) is 30.5 Å². The first-order valence-corrected chi connectivity index (χ1v) is 5.65. The van der Waals surface area contributed by atoms with Crippen molar-refractivity contribution in [3.63, 3.8) is 0 Å². The van der Waals surface area contributed by atoms with E-state index in [1.165, 1.54) is 11.3 Å². The van der Waals surface area contributed by atoms with E-state index in [4.69, 9.17) is 4.74 Å². The number of nitrogens with zero attached hydrogens (tertiary/aromatic N) is 2. The molecule has 0 fully saturated rings. The van der Waals surface area contributed by atoms with Gasteiger partial charge in [-0.3, -0.25) is 0 Å². The van der Waals surface area contributed by atoms with Gasteiger partial charge in [-0.15, -0.1) is 10.2 Å². The molecule has 1 aromatic heterocycles. The van der Waals surface area contributed by atoms with Gasteiger partial charge in [0, 0.05) is 20.3 Å². The van der Waals surface area contributed by atoms with Crippen LogP contribution in [0.4, 0.5) is 5.13 Å². The number of anilines is 1. The van der Waals surface area contributed by atoms with Gasteiger partial charge >= 0.3 is 0 Å². The van der Waals surface area contributed by atoms with Gasteiger partial charge in [-0.05, 0) is 28.8 Å². The van der Waals surface area contributed by atoms with Gasteiger partial charge < -0.3 is 10.1 Å². The van der Waals surface area contributed by atoms with Crippen molar-refractivity contribution in [2.75, 3.05) is 25.6 Å². The van der Waals surface area contributed by atoms with Crippen LogP contribution in [0, 0.1) is 0 Å². The number of unbranched alkanes of at least 4 members (excludes halogenated alkanes) is 1. The van der Waals surface area contributed by atoms with Crippen LogP contribution in [0.25, 0.3) is 0 Å². The van der Waals surface area contributed by atoms with Crippen molar-refractivity contribution in [1.29, 1.82) is 0 Å². The van der Waals surface area contributed by atoms with E-state index < -0.39 is 0 Å². The lowest BCUT2D eigenvalue weighted by Gasteiger charge is -2.00. The zero-order valence-corrected chi connectivity index (χ0v) is 9.82. The predicted molar refractivity (Wildman–Crippen MR) is 57.2 cm³/mol. The maximum Gasteiger partial charge on any atom is 0.206 e. The van der Waals surface area contributed by atoms with Crippen molar-refractivity contribution in [3.05, 3.63) is 3.92 Å². The fourth-order valence-electron chi connectivity index (χ4n) is 0.843. The largest absolute Gasteiger partial charge is 0.385 e. The minimum absolute atomic E-state index is 0.812. The number of hydrogen-bond donors (Lipinski definition) is 1. The number of ether oxygens (including phenoxy) is 1. The summed E-state index contributed by atoms with van der Waals surface area (Å²) >= 11 is 4.75. The number of aromatic nitrogens is 2. The topological polar surface area (TPSA) is 47.0 Å². The molecule has 0 aromatic carbocycles. The Morgan fingerprint density at radius 3 is 2.92 bits per heavy atom. The Kier molecular flexibility index (Phi) is 5.26. The van der Waals surface area contributed by atoms with Gasteiger partial charge in [0.2, 0.25) is 5.13 Å². The number of halogens is 1. The molecule has 0 saturated heterocycles. The monoisotopic (exact) mass is 265 g/mol. The average molecular weight is 266 g/mol. The maximum absolute atomic E-state index is 4.94. The Morgan fingerprint density at radius 1 is 1.46 bits per heavy atom. The summed E-state index contributed by atoms with van der Waals surface area (Å²) in [5, 5.41) is 11.8. The summed E-state index contributed by atoms with van der Waals surface area (Å²) in [7, 11) is 1.72. The molecule has 1 aromatic rings. The van der Waals surface area contributed by atoms with Gasteiger partial charge in [0.05, 0.1) is 0 Å². The van der Waals surface area contributed by atoms with E-state index in [0.29, 0.717) is 0 Å². The third kappa shape index (κ3) is 4.54. The van der Waals surface area contributed by atoms with Gasteiger partial charge in [0.1, 0.15) is 0 Å². The molecule has 0 saturated carbocycles. The van der Waals surface area contributed by atoms with Crippen molar-refractivity contribution in [2.24, 2.45) is 0 Å². The van der Waals surface area contributed by atoms with Crippen LogP contribution in [0.2, 0.25) is 0 Å². The molecule has 74 valence electrons. The fourth-order valence-corrected chi connectivity index (χ4v) is 1.88. The van der Waals surface area contributed by atoms with E-state index >= 15 is 0 Å². The maximum atomic E-state index is 4.94. The summed E-state index contributed by atoms with van der Waals surface area (Å²) in [6.45, 7) is 1.74. The third-order valence-electron chi connectivity index (χ3n) is 1.45. The van der Waals surface area contributed by atoms with Crippen LogP contribution in [0.3, 0.4) is 0 Å². The van der Waals surface area contributed by atoms with Crippen LogP contribution < -0.4 is 5.32 Å². The van der Waals surface area contributed by atoms with Gasteiger partial charge in [0.15, 0.2) is 3.92 Å². The van der Waals surface area contributed by atoms with Gasteiger partial charge in [-0.1, -0.05) is 11.3 Å². The summed E-state index contributed by atoms with van der Waals surface area (Å²) < 4.78 is 5.75. The molecule has 6 heteroatoms. The Balaban J connectivity index is 2.06. The second-order valence-corrected chi connectivity index (χ2v) is 4.74. The van der Waals surface area contributed by atoms with Gasteiger partial charge in [-0.25, -0.2) is 0 Å². The fraction of sp³-hybridized carbons (Fsp3) is 0.714. The van der Waals surface area contributed by atoms with Crippen molar-refractivity contribution < 1.29 is 4.74 Å². The molecule has 0 amide bonds. The van der Waals surface area contributed by atoms with Crippen molar-refractivity contribution in [3.8, 4) is 0 Å². The van der Waals surface area contributed by atoms with E-state index in [-0.39, 0.29) is 0 Å². The number of nitrogens with one attached hydrogen (secondary N) is 1. The Morgan fingerprint density at radius 2 is 2.31 bits per heavy atom. The highest BCUT2D eigenvalue weighted by atomic mass is 79.9. The molecule has 0 spiro atoms. The first-order valence-electron chi connectivity index (χ1n) is 4.04. The summed E-state index contributed by atoms with van der Waals surface area (Å²) in [6.07, 6.45) is 2.16. The average Bonchev–Trinajstić information content (AvgIpc) is 2.51. The molecule has 0 aliphatic carbocycles. The molecule has 0 bridgehead atoms. The summed E-state index contributed by atoms with van der Waals surface area (Å²) in [4.78, 5) is 0. The lowest BCUT2D eigenvalue weighted by molar-refractivity contribution is 0.194. The highest BCUT2D eigenvalue weighted by Crippen LogP contribution is 2.19. The van der Waals surface area contributed by atoms with Gasteiger partial charge in [0.25, 0.3) is 0 Å². The molecule has 0 radical (unpaired) electrons.